The largest absolute Gasteiger partial charge is 0.393 e. The van der Waals surface area contributed by atoms with E-state index in [9.17, 15) is 5.11 Å². The van der Waals surface area contributed by atoms with E-state index >= 15 is 0 Å². The Bertz CT molecular complexity index is 329. The molecule has 0 radical (unpaired) electrons. The monoisotopic (exact) mass is 265 g/mol. The van der Waals surface area contributed by atoms with Gasteiger partial charge in [0.25, 0.3) is 0 Å². The van der Waals surface area contributed by atoms with Crippen LogP contribution in [-0.4, -0.2) is 35.2 Å². The molecule has 1 spiro atoms. The van der Waals surface area contributed by atoms with Gasteiger partial charge in [0.05, 0.1) is 6.10 Å². The SMILES string of the molecule is CC(C)(C)C1CCC(O)CC1N1CCC2(CCC2)C1. The van der Waals surface area contributed by atoms with Gasteiger partial charge in [0.15, 0.2) is 0 Å². The molecule has 2 saturated carbocycles. The molecule has 19 heavy (non-hydrogen) atoms. The predicted molar refractivity (Wildman–Crippen MR) is 79.1 cm³/mol. The van der Waals surface area contributed by atoms with Gasteiger partial charge in [-0.25, -0.2) is 0 Å². The fourth-order valence-electron chi connectivity index (χ4n) is 4.88. The number of nitrogens with zero attached hydrogens (tertiary/aromatic N) is 1. The minimum Gasteiger partial charge on any atom is -0.393 e. The number of hydrogen-bond donors (Lipinski definition) is 1. The number of aliphatic hydroxyl groups is 1. The smallest absolute Gasteiger partial charge is 0.0555 e. The number of aliphatic hydroxyl groups excluding tert-OH is 1. The van der Waals surface area contributed by atoms with Crippen molar-refractivity contribution in [2.75, 3.05) is 13.1 Å². The van der Waals surface area contributed by atoms with Gasteiger partial charge in [-0.3, -0.25) is 4.90 Å². The third kappa shape index (κ3) is 2.58. The first kappa shape index (κ1) is 13.9. The van der Waals surface area contributed by atoms with Crippen molar-refractivity contribution in [2.24, 2.45) is 16.7 Å². The second kappa shape index (κ2) is 4.73. The highest BCUT2D eigenvalue weighted by molar-refractivity contribution is 5.01. The van der Waals surface area contributed by atoms with Crippen LogP contribution in [0.4, 0.5) is 0 Å². The summed E-state index contributed by atoms with van der Waals surface area (Å²) in [5, 5.41) is 10.1. The summed E-state index contributed by atoms with van der Waals surface area (Å²) < 4.78 is 0. The summed E-state index contributed by atoms with van der Waals surface area (Å²) in [4.78, 5) is 2.75. The third-order valence-corrected chi connectivity index (χ3v) is 6.25. The van der Waals surface area contributed by atoms with Crippen molar-refractivity contribution in [2.45, 2.75) is 77.9 Å². The predicted octanol–water partition coefficient (Wildman–Crippen LogP) is 3.44. The Hall–Kier alpha value is -0.0800. The second-order valence-electron chi connectivity index (χ2n) is 8.58. The van der Waals surface area contributed by atoms with Gasteiger partial charge < -0.3 is 5.11 Å². The van der Waals surface area contributed by atoms with Crippen LogP contribution in [0.15, 0.2) is 0 Å². The first-order chi connectivity index (χ1) is 8.90. The van der Waals surface area contributed by atoms with E-state index in [1.807, 2.05) is 0 Å². The highest BCUT2D eigenvalue weighted by atomic mass is 16.3. The lowest BCUT2D eigenvalue weighted by Gasteiger charge is -2.47. The van der Waals surface area contributed by atoms with Crippen molar-refractivity contribution in [1.82, 2.24) is 4.90 Å². The van der Waals surface area contributed by atoms with Crippen LogP contribution in [0.5, 0.6) is 0 Å². The van der Waals surface area contributed by atoms with Gasteiger partial charge in [-0.1, -0.05) is 27.2 Å². The molecular formula is C17H31NO. The first-order valence-corrected chi connectivity index (χ1v) is 8.32. The number of hydrogen-bond acceptors (Lipinski definition) is 2. The van der Waals surface area contributed by atoms with Crippen molar-refractivity contribution in [1.29, 1.82) is 0 Å². The molecule has 3 atom stereocenters. The van der Waals surface area contributed by atoms with Gasteiger partial charge in [0, 0.05) is 12.6 Å². The second-order valence-corrected chi connectivity index (χ2v) is 8.58. The van der Waals surface area contributed by atoms with Gasteiger partial charge >= 0.3 is 0 Å². The average molecular weight is 265 g/mol. The van der Waals surface area contributed by atoms with Crippen molar-refractivity contribution >= 4 is 0 Å². The molecule has 2 nitrogen and oxygen atoms in total. The van der Waals surface area contributed by atoms with Gasteiger partial charge in [-0.15, -0.1) is 0 Å². The maximum atomic E-state index is 10.1. The van der Waals surface area contributed by atoms with E-state index in [1.54, 1.807) is 0 Å². The average Bonchev–Trinajstić information content (AvgIpc) is 2.71. The van der Waals surface area contributed by atoms with Crippen molar-refractivity contribution in [3.05, 3.63) is 0 Å². The van der Waals surface area contributed by atoms with E-state index in [2.05, 4.69) is 25.7 Å². The van der Waals surface area contributed by atoms with Crippen LogP contribution >= 0.6 is 0 Å². The maximum Gasteiger partial charge on any atom is 0.0555 e. The van der Waals surface area contributed by atoms with Gasteiger partial charge in [0.1, 0.15) is 0 Å². The lowest BCUT2D eigenvalue weighted by molar-refractivity contribution is -0.0109. The zero-order valence-corrected chi connectivity index (χ0v) is 13.0. The molecule has 0 aromatic rings. The molecule has 2 heteroatoms. The Balaban J connectivity index is 1.72. The third-order valence-electron chi connectivity index (χ3n) is 6.25. The van der Waals surface area contributed by atoms with Crippen LogP contribution in [0.1, 0.15) is 65.7 Å². The topological polar surface area (TPSA) is 23.5 Å². The maximum absolute atomic E-state index is 10.1. The van der Waals surface area contributed by atoms with Crippen LogP contribution in [0.25, 0.3) is 0 Å². The van der Waals surface area contributed by atoms with E-state index in [0.717, 1.165) is 18.8 Å². The van der Waals surface area contributed by atoms with E-state index in [-0.39, 0.29) is 6.10 Å². The van der Waals surface area contributed by atoms with Crippen molar-refractivity contribution in [3.63, 3.8) is 0 Å². The molecule has 2 aliphatic carbocycles. The molecule has 3 unspecified atom stereocenters. The molecule has 1 saturated heterocycles. The lowest BCUT2D eigenvalue weighted by atomic mass is 9.67. The highest BCUT2D eigenvalue weighted by Crippen LogP contribution is 2.50. The zero-order chi connectivity index (χ0) is 13.7. The van der Waals surface area contributed by atoms with E-state index in [1.165, 1.54) is 45.2 Å². The van der Waals surface area contributed by atoms with E-state index in [0.29, 0.717) is 16.9 Å². The minimum absolute atomic E-state index is 0.0541. The Labute approximate surface area is 118 Å². The highest BCUT2D eigenvalue weighted by Gasteiger charge is 2.48. The molecule has 0 amide bonds. The molecule has 0 bridgehead atoms. The fourth-order valence-corrected chi connectivity index (χ4v) is 4.88. The molecular weight excluding hydrogens is 234 g/mol. The lowest BCUT2D eigenvalue weighted by Crippen LogP contribution is -2.49. The molecule has 3 rings (SSSR count). The van der Waals surface area contributed by atoms with E-state index < -0.39 is 0 Å². The summed E-state index contributed by atoms with van der Waals surface area (Å²) in [5.74, 6) is 0.756. The van der Waals surface area contributed by atoms with Crippen LogP contribution in [0.2, 0.25) is 0 Å². The molecule has 3 fully saturated rings. The number of likely N-dealkylation sites (tertiary alicyclic amines) is 1. The molecule has 110 valence electrons. The zero-order valence-electron chi connectivity index (χ0n) is 13.0. The van der Waals surface area contributed by atoms with Gasteiger partial charge in [-0.05, 0) is 61.8 Å². The summed E-state index contributed by atoms with van der Waals surface area (Å²) >= 11 is 0. The summed E-state index contributed by atoms with van der Waals surface area (Å²) in [6, 6.07) is 0.628. The normalized spacial score (nSPS) is 39.5. The Morgan fingerprint density at radius 2 is 1.84 bits per heavy atom. The standard InChI is InChI=1S/C17H31NO/c1-16(2,3)14-6-5-13(19)11-15(14)18-10-9-17(12-18)7-4-8-17/h13-15,19H,4-12H2,1-3H3. The molecule has 1 N–H and O–H groups in total. The van der Waals surface area contributed by atoms with E-state index in [4.69, 9.17) is 0 Å². The summed E-state index contributed by atoms with van der Waals surface area (Å²) in [6.07, 6.45) is 8.95. The van der Waals surface area contributed by atoms with Gasteiger partial charge in [-0.2, -0.15) is 0 Å². The van der Waals surface area contributed by atoms with Crippen LogP contribution in [0, 0.1) is 16.7 Å². The van der Waals surface area contributed by atoms with Gasteiger partial charge in [0.2, 0.25) is 0 Å². The van der Waals surface area contributed by atoms with Crippen molar-refractivity contribution < 1.29 is 5.11 Å². The molecule has 0 aromatic carbocycles. The summed E-state index contributed by atoms with van der Waals surface area (Å²) in [6.45, 7) is 9.76. The Kier molecular flexibility index (Phi) is 3.46. The minimum atomic E-state index is -0.0541. The van der Waals surface area contributed by atoms with Crippen LogP contribution < -0.4 is 0 Å². The van der Waals surface area contributed by atoms with Crippen molar-refractivity contribution in [3.8, 4) is 0 Å². The molecule has 1 aliphatic heterocycles. The summed E-state index contributed by atoms with van der Waals surface area (Å²) in [7, 11) is 0. The summed E-state index contributed by atoms with van der Waals surface area (Å²) in [5.41, 5.74) is 1.06. The molecule has 0 aromatic heterocycles. The fraction of sp³-hybridized carbons (Fsp3) is 1.00. The quantitative estimate of drug-likeness (QED) is 0.785. The van der Waals surface area contributed by atoms with Crippen LogP contribution in [0.3, 0.4) is 0 Å². The number of rotatable bonds is 1. The first-order valence-electron chi connectivity index (χ1n) is 8.32. The molecule has 3 aliphatic rings. The Morgan fingerprint density at radius 3 is 2.37 bits per heavy atom. The van der Waals surface area contributed by atoms with Crippen LogP contribution in [-0.2, 0) is 0 Å². The Morgan fingerprint density at radius 1 is 1.11 bits per heavy atom. The molecule has 1 heterocycles.